The van der Waals surface area contributed by atoms with E-state index in [1.54, 1.807) is 22.7 Å². The van der Waals surface area contributed by atoms with Crippen molar-refractivity contribution in [2.75, 3.05) is 17.3 Å². The lowest BCUT2D eigenvalue weighted by molar-refractivity contribution is -0.116. The number of thioether (sulfide) groups is 1. The third-order valence-electron chi connectivity index (χ3n) is 2.40. The molecule has 2 rings (SSSR count). The number of nitrogens with zero attached hydrogens (tertiary/aromatic N) is 1. The summed E-state index contributed by atoms with van der Waals surface area (Å²) in [6.45, 7) is 2.63. The van der Waals surface area contributed by atoms with E-state index in [-0.39, 0.29) is 22.9 Å². The molecule has 86 valence electrons. The number of hydrogen-bond donors (Lipinski definition) is 0. The highest BCUT2D eigenvalue weighted by atomic mass is 35.5. The van der Waals surface area contributed by atoms with Crippen LogP contribution in [0.1, 0.15) is 6.92 Å². The summed E-state index contributed by atoms with van der Waals surface area (Å²) in [7, 11) is 0. The number of carbonyl (C=O) groups excluding carboxylic acids is 1. The fourth-order valence-electron chi connectivity index (χ4n) is 1.72. The molecule has 0 aliphatic carbocycles. The van der Waals surface area contributed by atoms with Crippen molar-refractivity contribution in [1.29, 1.82) is 0 Å². The van der Waals surface area contributed by atoms with Crippen LogP contribution in [-0.4, -0.2) is 23.6 Å². The fourth-order valence-corrected chi connectivity index (χ4v) is 3.00. The number of amides is 1. The molecule has 0 bridgehead atoms. The Hall–Kier alpha value is -0.740. The van der Waals surface area contributed by atoms with E-state index < -0.39 is 0 Å². The van der Waals surface area contributed by atoms with Crippen LogP contribution in [0.2, 0.25) is 0 Å². The van der Waals surface area contributed by atoms with E-state index in [2.05, 4.69) is 0 Å². The number of hydrogen-bond acceptors (Lipinski definition) is 2. The molecule has 16 heavy (non-hydrogen) atoms. The van der Waals surface area contributed by atoms with Gasteiger partial charge in [0.15, 0.2) is 0 Å². The zero-order chi connectivity index (χ0) is 11.7. The maximum Gasteiger partial charge on any atom is 0.241 e. The van der Waals surface area contributed by atoms with Gasteiger partial charge in [0, 0.05) is 16.7 Å². The van der Waals surface area contributed by atoms with Crippen LogP contribution in [0.3, 0.4) is 0 Å². The molecular formula is C11H11ClFNOS. The molecule has 1 amide bonds. The maximum atomic E-state index is 13.1. The van der Waals surface area contributed by atoms with Crippen molar-refractivity contribution in [2.45, 2.75) is 17.1 Å². The van der Waals surface area contributed by atoms with Crippen molar-refractivity contribution in [3.05, 3.63) is 24.0 Å². The minimum atomic E-state index is -0.279. The van der Waals surface area contributed by atoms with Gasteiger partial charge < -0.3 is 4.90 Å². The molecule has 0 fully saturated rings. The van der Waals surface area contributed by atoms with E-state index in [0.717, 1.165) is 10.6 Å². The van der Waals surface area contributed by atoms with Crippen molar-refractivity contribution in [3.8, 4) is 0 Å². The van der Waals surface area contributed by atoms with Gasteiger partial charge in [-0.15, -0.1) is 23.4 Å². The zero-order valence-corrected chi connectivity index (χ0v) is 10.3. The maximum absolute atomic E-state index is 13.1. The minimum Gasteiger partial charge on any atom is -0.309 e. The standard InChI is InChI=1S/C11H11ClFNOS/c1-7-6-14(11(15)5-12)9-3-2-8(13)4-10(9)16-7/h2-4,7H,5-6H2,1H3. The van der Waals surface area contributed by atoms with Crippen molar-refractivity contribution in [3.63, 3.8) is 0 Å². The van der Waals surface area contributed by atoms with Crippen molar-refractivity contribution in [1.82, 2.24) is 0 Å². The second-order valence-electron chi connectivity index (χ2n) is 3.68. The molecule has 0 saturated carbocycles. The van der Waals surface area contributed by atoms with Crippen LogP contribution in [0.4, 0.5) is 10.1 Å². The van der Waals surface area contributed by atoms with Gasteiger partial charge in [0.2, 0.25) is 5.91 Å². The van der Waals surface area contributed by atoms with Gasteiger partial charge in [-0.05, 0) is 18.2 Å². The van der Waals surface area contributed by atoms with Crippen LogP contribution >= 0.6 is 23.4 Å². The molecule has 1 atom stereocenters. The predicted molar refractivity (Wildman–Crippen MR) is 64.8 cm³/mol. The molecule has 5 heteroatoms. The topological polar surface area (TPSA) is 20.3 Å². The number of carbonyl (C=O) groups is 1. The number of rotatable bonds is 1. The largest absolute Gasteiger partial charge is 0.309 e. The summed E-state index contributed by atoms with van der Waals surface area (Å²) < 4.78 is 13.1. The number of fused-ring (bicyclic) bond motifs is 1. The molecule has 1 heterocycles. The Labute approximate surface area is 103 Å². The first kappa shape index (κ1) is 11.7. The van der Waals surface area contributed by atoms with E-state index in [1.165, 1.54) is 12.1 Å². The molecule has 0 N–H and O–H groups in total. The monoisotopic (exact) mass is 259 g/mol. The molecule has 0 aromatic heterocycles. The number of anilines is 1. The summed E-state index contributed by atoms with van der Waals surface area (Å²) in [6.07, 6.45) is 0. The SMILES string of the molecule is CC1CN(C(=O)CCl)c2ccc(F)cc2S1. The van der Waals surface area contributed by atoms with Crippen LogP contribution < -0.4 is 4.90 Å². The lowest BCUT2D eigenvalue weighted by Crippen LogP contribution is -2.39. The lowest BCUT2D eigenvalue weighted by Gasteiger charge is -2.32. The van der Waals surface area contributed by atoms with Gasteiger partial charge in [0.25, 0.3) is 0 Å². The van der Waals surface area contributed by atoms with Crippen LogP contribution in [0, 0.1) is 5.82 Å². The average Bonchev–Trinajstić information content (AvgIpc) is 2.26. The Morgan fingerprint density at radius 2 is 2.44 bits per heavy atom. The first-order valence-electron chi connectivity index (χ1n) is 4.94. The summed E-state index contributed by atoms with van der Waals surface area (Å²) in [6, 6.07) is 4.46. The highest BCUT2D eigenvalue weighted by Gasteiger charge is 2.26. The van der Waals surface area contributed by atoms with Gasteiger partial charge in [0.05, 0.1) is 5.69 Å². The zero-order valence-electron chi connectivity index (χ0n) is 8.74. The van der Waals surface area contributed by atoms with Gasteiger partial charge >= 0.3 is 0 Å². The van der Waals surface area contributed by atoms with Gasteiger partial charge in [-0.1, -0.05) is 6.92 Å². The van der Waals surface area contributed by atoms with Crippen LogP contribution in [0.25, 0.3) is 0 Å². The first-order valence-corrected chi connectivity index (χ1v) is 6.35. The summed E-state index contributed by atoms with van der Waals surface area (Å²) in [5.41, 5.74) is 0.759. The number of alkyl halides is 1. The number of benzene rings is 1. The smallest absolute Gasteiger partial charge is 0.241 e. The van der Waals surface area contributed by atoms with Crippen molar-refractivity contribution in [2.24, 2.45) is 0 Å². The molecule has 0 saturated heterocycles. The number of halogens is 2. The molecule has 0 spiro atoms. The molecule has 1 aliphatic heterocycles. The Kier molecular flexibility index (Phi) is 3.40. The molecule has 1 aromatic rings. The van der Waals surface area contributed by atoms with Gasteiger partial charge in [0.1, 0.15) is 11.7 Å². The second kappa shape index (κ2) is 4.63. The minimum absolute atomic E-state index is 0.0474. The predicted octanol–water partition coefficient (Wildman–Crippen LogP) is 2.89. The van der Waals surface area contributed by atoms with E-state index in [1.807, 2.05) is 6.92 Å². The van der Waals surface area contributed by atoms with Crippen molar-refractivity contribution >= 4 is 35.0 Å². The van der Waals surface area contributed by atoms with E-state index in [0.29, 0.717) is 6.54 Å². The van der Waals surface area contributed by atoms with Crippen LogP contribution in [0.5, 0.6) is 0 Å². The van der Waals surface area contributed by atoms with Crippen LogP contribution in [0.15, 0.2) is 23.1 Å². The quantitative estimate of drug-likeness (QED) is 0.723. The Morgan fingerprint density at radius 3 is 3.12 bits per heavy atom. The highest BCUT2D eigenvalue weighted by molar-refractivity contribution is 8.00. The summed E-state index contributed by atoms with van der Waals surface area (Å²) in [5.74, 6) is -0.464. The van der Waals surface area contributed by atoms with E-state index >= 15 is 0 Å². The summed E-state index contributed by atoms with van der Waals surface area (Å²) in [4.78, 5) is 14.1. The van der Waals surface area contributed by atoms with E-state index in [4.69, 9.17) is 11.6 Å². The van der Waals surface area contributed by atoms with Crippen LogP contribution in [-0.2, 0) is 4.79 Å². The van der Waals surface area contributed by atoms with Gasteiger partial charge in [-0.2, -0.15) is 0 Å². The second-order valence-corrected chi connectivity index (χ2v) is 5.43. The molecule has 1 unspecified atom stereocenters. The normalized spacial score (nSPS) is 19.4. The average molecular weight is 260 g/mol. The molecule has 2 nitrogen and oxygen atoms in total. The van der Waals surface area contributed by atoms with E-state index in [9.17, 15) is 9.18 Å². The Morgan fingerprint density at radius 1 is 1.69 bits per heavy atom. The van der Waals surface area contributed by atoms with Crippen molar-refractivity contribution < 1.29 is 9.18 Å². The van der Waals surface area contributed by atoms with Gasteiger partial charge in [-0.25, -0.2) is 4.39 Å². The first-order chi connectivity index (χ1) is 7.61. The third kappa shape index (κ3) is 2.18. The molecule has 1 aliphatic rings. The molecular weight excluding hydrogens is 249 g/mol. The van der Waals surface area contributed by atoms with Gasteiger partial charge in [-0.3, -0.25) is 4.79 Å². The molecule has 0 radical (unpaired) electrons. The molecule has 1 aromatic carbocycles. The summed E-state index contributed by atoms with van der Waals surface area (Å²) in [5, 5.41) is 0.251. The Bertz CT molecular complexity index is 426. The lowest BCUT2D eigenvalue weighted by atomic mass is 10.2. The fraction of sp³-hybridized carbons (Fsp3) is 0.364. The Balaban J connectivity index is 2.41. The highest BCUT2D eigenvalue weighted by Crippen LogP contribution is 2.38. The summed E-state index contributed by atoms with van der Waals surface area (Å²) >= 11 is 7.14. The third-order valence-corrected chi connectivity index (χ3v) is 3.76.